The highest BCUT2D eigenvalue weighted by molar-refractivity contribution is 7.92. The fourth-order valence-electron chi connectivity index (χ4n) is 6.21. The molecule has 0 unspecified atom stereocenters. The van der Waals surface area contributed by atoms with Crippen molar-refractivity contribution in [2.24, 2.45) is 7.05 Å². The van der Waals surface area contributed by atoms with E-state index in [4.69, 9.17) is 4.74 Å². The fraction of sp³-hybridized carbons (Fsp3) is 0.467. The summed E-state index contributed by atoms with van der Waals surface area (Å²) in [7, 11) is 0.895. The number of nitrogens with one attached hydrogen (secondary N) is 2. The highest BCUT2D eigenvalue weighted by Crippen LogP contribution is 2.41. The number of rotatable bonds is 8. The predicted octanol–water partition coefficient (Wildman–Crippen LogP) is 3.57. The maximum Gasteiger partial charge on any atom is 0.416 e. The molecule has 45 heavy (non-hydrogen) atoms. The lowest BCUT2D eigenvalue weighted by Gasteiger charge is -2.37. The number of benzene rings is 2. The lowest BCUT2D eigenvalue weighted by atomic mass is 10.1. The molecule has 244 valence electrons. The number of fused-ring (bicyclic) bond motifs is 1. The van der Waals surface area contributed by atoms with Crippen molar-refractivity contribution in [1.82, 2.24) is 19.3 Å². The first-order chi connectivity index (χ1) is 21.2. The van der Waals surface area contributed by atoms with E-state index in [-0.39, 0.29) is 29.1 Å². The SMILES string of the molecule is COc1c(NC(=O)c2cc3cccc(CN4CCN(C(=O)[C@@H]5CCCN5C)CC4)c3n2C)cc(C(F)(F)F)cc1NS(C)(=O)=O. The van der Waals surface area contributed by atoms with Gasteiger partial charge in [-0.3, -0.25) is 24.1 Å². The van der Waals surface area contributed by atoms with E-state index < -0.39 is 33.4 Å². The molecule has 2 aromatic carbocycles. The van der Waals surface area contributed by atoms with Crippen LogP contribution in [0.2, 0.25) is 0 Å². The molecule has 1 atom stereocenters. The molecular weight excluding hydrogens is 613 g/mol. The number of ether oxygens (including phenoxy) is 1. The number of hydrogen-bond donors (Lipinski definition) is 2. The molecule has 3 aromatic rings. The highest BCUT2D eigenvalue weighted by atomic mass is 32.2. The number of carbonyl (C=O) groups excluding carboxylic acids is 2. The number of methoxy groups -OCH3 is 1. The molecule has 2 aliphatic heterocycles. The third kappa shape index (κ3) is 7.05. The molecular formula is C30H37F3N6O5S. The van der Waals surface area contributed by atoms with Crippen molar-refractivity contribution >= 4 is 44.1 Å². The quantitative estimate of drug-likeness (QED) is 0.383. The zero-order chi connectivity index (χ0) is 32.7. The second-order valence-corrected chi connectivity index (χ2v) is 13.4. The summed E-state index contributed by atoms with van der Waals surface area (Å²) in [4.78, 5) is 32.8. The van der Waals surface area contributed by atoms with Crippen molar-refractivity contribution in [3.63, 3.8) is 0 Å². The number of halogens is 3. The van der Waals surface area contributed by atoms with Crippen LogP contribution in [0.5, 0.6) is 5.75 Å². The van der Waals surface area contributed by atoms with Gasteiger partial charge >= 0.3 is 6.18 Å². The third-order valence-electron chi connectivity index (χ3n) is 8.42. The number of para-hydroxylation sites is 1. The Kier molecular flexibility index (Phi) is 9.06. The number of aryl methyl sites for hydroxylation is 1. The van der Waals surface area contributed by atoms with Crippen LogP contribution in [0.15, 0.2) is 36.4 Å². The Morgan fingerprint density at radius 2 is 1.71 bits per heavy atom. The van der Waals surface area contributed by atoms with E-state index in [9.17, 15) is 31.2 Å². The number of carbonyl (C=O) groups is 2. The maximum absolute atomic E-state index is 13.7. The van der Waals surface area contributed by atoms with Crippen molar-refractivity contribution in [3.8, 4) is 5.75 Å². The van der Waals surface area contributed by atoms with Crippen molar-refractivity contribution in [2.75, 3.05) is 63.2 Å². The summed E-state index contributed by atoms with van der Waals surface area (Å²) < 4.78 is 73.8. The van der Waals surface area contributed by atoms with E-state index >= 15 is 0 Å². The smallest absolute Gasteiger partial charge is 0.416 e. The Morgan fingerprint density at radius 1 is 1.02 bits per heavy atom. The molecule has 0 bridgehead atoms. The number of alkyl halides is 3. The average molecular weight is 651 g/mol. The van der Waals surface area contributed by atoms with E-state index in [2.05, 4.69) is 15.1 Å². The van der Waals surface area contributed by atoms with Gasteiger partial charge in [0.2, 0.25) is 15.9 Å². The van der Waals surface area contributed by atoms with Gasteiger partial charge in [-0.15, -0.1) is 0 Å². The number of aromatic nitrogens is 1. The van der Waals surface area contributed by atoms with Gasteiger partial charge in [-0.05, 0) is 50.2 Å². The number of sulfonamides is 1. The Bertz CT molecular complexity index is 1720. The van der Waals surface area contributed by atoms with E-state index in [0.717, 1.165) is 49.2 Å². The van der Waals surface area contributed by atoms with E-state index in [1.54, 1.807) is 17.7 Å². The first kappa shape index (κ1) is 32.6. The highest BCUT2D eigenvalue weighted by Gasteiger charge is 2.34. The number of nitrogens with zero attached hydrogens (tertiary/aromatic N) is 4. The zero-order valence-corrected chi connectivity index (χ0v) is 26.4. The molecule has 15 heteroatoms. The van der Waals surface area contributed by atoms with Gasteiger partial charge in [0.15, 0.2) is 5.75 Å². The van der Waals surface area contributed by atoms with Gasteiger partial charge in [0.25, 0.3) is 5.91 Å². The van der Waals surface area contributed by atoms with Gasteiger partial charge in [-0.25, -0.2) is 8.42 Å². The van der Waals surface area contributed by atoms with Crippen molar-refractivity contribution in [1.29, 1.82) is 0 Å². The Morgan fingerprint density at radius 3 is 2.31 bits per heavy atom. The van der Waals surface area contributed by atoms with Crippen LogP contribution < -0.4 is 14.8 Å². The van der Waals surface area contributed by atoms with Crippen LogP contribution in [-0.4, -0.2) is 98.7 Å². The molecule has 0 aliphatic carbocycles. The summed E-state index contributed by atoms with van der Waals surface area (Å²) in [6.45, 7) is 4.20. The molecule has 5 rings (SSSR count). The molecule has 1 aromatic heterocycles. The number of piperazine rings is 1. The standard InChI is InChI=1S/C30H37F3N6O5S/c1-36-10-6-9-24(36)29(41)39-13-11-38(12-14-39)18-20-8-5-7-19-15-25(37(2)26(19)20)28(40)34-22-16-21(30(31,32)33)17-23(27(22)44-3)35-45(4,42)43/h5,7-8,15-17,24,35H,6,9-14,18H2,1-4H3,(H,34,40)/t24-/m0/s1. The second-order valence-electron chi connectivity index (χ2n) is 11.6. The molecule has 2 fully saturated rings. The molecule has 2 N–H and O–H groups in total. The molecule has 0 radical (unpaired) electrons. The molecule has 0 saturated carbocycles. The lowest BCUT2D eigenvalue weighted by Crippen LogP contribution is -2.52. The van der Waals surface area contributed by atoms with Gasteiger partial charge in [0.05, 0.1) is 41.9 Å². The van der Waals surface area contributed by atoms with Gasteiger partial charge in [0, 0.05) is 45.2 Å². The van der Waals surface area contributed by atoms with Gasteiger partial charge in [-0.1, -0.05) is 18.2 Å². The molecule has 2 aliphatic rings. The maximum atomic E-state index is 13.7. The van der Waals surface area contributed by atoms with E-state index in [1.165, 1.54) is 0 Å². The van der Waals surface area contributed by atoms with Gasteiger partial charge < -0.3 is 19.5 Å². The Labute approximate surface area is 259 Å². The van der Waals surface area contributed by atoms with Crippen LogP contribution in [-0.2, 0) is 34.6 Å². The minimum atomic E-state index is -4.82. The minimum absolute atomic E-state index is 0.0447. The van der Waals surface area contributed by atoms with Crippen molar-refractivity contribution in [2.45, 2.75) is 31.6 Å². The molecule has 2 amide bonds. The number of likely N-dealkylation sites (tertiary alicyclic amines) is 1. The van der Waals surface area contributed by atoms with E-state index in [1.807, 2.05) is 34.9 Å². The van der Waals surface area contributed by atoms with Crippen LogP contribution in [0.25, 0.3) is 10.9 Å². The topological polar surface area (TPSA) is 116 Å². The predicted molar refractivity (Wildman–Crippen MR) is 165 cm³/mol. The number of likely N-dealkylation sites (N-methyl/N-ethyl adjacent to an activating group) is 1. The summed E-state index contributed by atoms with van der Waals surface area (Å²) in [5, 5.41) is 3.26. The largest absolute Gasteiger partial charge is 0.492 e. The molecule has 11 nitrogen and oxygen atoms in total. The lowest BCUT2D eigenvalue weighted by molar-refractivity contribution is -0.138. The summed E-state index contributed by atoms with van der Waals surface area (Å²) in [5.74, 6) is -0.781. The normalized spacial score (nSPS) is 18.4. The van der Waals surface area contributed by atoms with Crippen LogP contribution in [0.1, 0.15) is 34.5 Å². The summed E-state index contributed by atoms with van der Waals surface area (Å²) >= 11 is 0. The molecule has 0 spiro atoms. The average Bonchev–Trinajstić information content (AvgIpc) is 3.55. The molecule has 2 saturated heterocycles. The Balaban J connectivity index is 1.36. The zero-order valence-electron chi connectivity index (χ0n) is 25.6. The number of anilines is 2. The minimum Gasteiger partial charge on any atom is -0.492 e. The second kappa shape index (κ2) is 12.5. The van der Waals surface area contributed by atoms with Gasteiger partial charge in [-0.2, -0.15) is 13.2 Å². The van der Waals surface area contributed by atoms with Crippen LogP contribution in [0.3, 0.4) is 0 Å². The van der Waals surface area contributed by atoms with Crippen LogP contribution in [0.4, 0.5) is 24.5 Å². The first-order valence-electron chi connectivity index (χ1n) is 14.5. The number of amides is 2. The Hall–Kier alpha value is -3.82. The summed E-state index contributed by atoms with van der Waals surface area (Å²) in [5.41, 5.74) is -0.0247. The van der Waals surface area contributed by atoms with E-state index in [0.29, 0.717) is 44.9 Å². The third-order valence-corrected chi connectivity index (χ3v) is 9.01. The summed E-state index contributed by atoms with van der Waals surface area (Å²) in [6.07, 6.45) is -2.10. The first-order valence-corrected chi connectivity index (χ1v) is 16.4. The van der Waals surface area contributed by atoms with Crippen LogP contribution in [0, 0.1) is 0 Å². The van der Waals surface area contributed by atoms with Gasteiger partial charge in [0.1, 0.15) is 5.69 Å². The fourth-order valence-corrected chi connectivity index (χ4v) is 6.77. The van der Waals surface area contributed by atoms with Crippen LogP contribution >= 0.6 is 0 Å². The summed E-state index contributed by atoms with van der Waals surface area (Å²) in [6, 6.07) is 8.62. The monoisotopic (exact) mass is 650 g/mol. The van der Waals surface area contributed by atoms with Crippen molar-refractivity contribution < 1.29 is 35.9 Å². The number of hydrogen-bond acceptors (Lipinski definition) is 7. The van der Waals surface area contributed by atoms with Crippen molar-refractivity contribution in [3.05, 3.63) is 53.2 Å². The molecule has 3 heterocycles.